The number of hydrogen-bond acceptors (Lipinski definition) is 5. The number of ether oxygens (including phenoxy) is 1. The maximum absolute atomic E-state index is 13.5. The van der Waals surface area contributed by atoms with Crippen molar-refractivity contribution in [3.8, 4) is 5.75 Å². The largest absolute Gasteiger partial charge is 0.508 e. The van der Waals surface area contributed by atoms with Crippen LogP contribution in [0.15, 0.2) is 58.5 Å². The Hall–Kier alpha value is -2.70. The Bertz CT molecular complexity index is 1160. The number of benzene rings is 1. The second-order valence-corrected chi connectivity index (χ2v) is 11.2. The number of allylic oxidation sites excluding steroid dienone is 2. The summed E-state index contributed by atoms with van der Waals surface area (Å²) in [5, 5.41) is 11.6. The van der Waals surface area contributed by atoms with Crippen LogP contribution in [-0.4, -0.2) is 34.5 Å². The quantitative estimate of drug-likeness (QED) is 0.319. The number of nitrogens with zero attached hydrogens (tertiary/aromatic N) is 1. The van der Waals surface area contributed by atoms with Gasteiger partial charge in [0.15, 0.2) is 0 Å². The van der Waals surface area contributed by atoms with Crippen molar-refractivity contribution < 1.29 is 19.4 Å². The van der Waals surface area contributed by atoms with Crippen LogP contribution < -0.4 is 0 Å². The average molecular weight is 506 g/mol. The molecule has 1 N–H and O–H groups in total. The number of carbonyl (C=O) groups excluding carboxylic acids is 2. The van der Waals surface area contributed by atoms with Crippen LogP contribution in [0.25, 0.3) is 6.08 Å². The number of amides is 2. The van der Waals surface area contributed by atoms with E-state index in [0.717, 1.165) is 42.5 Å². The lowest BCUT2D eigenvalue weighted by atomic mass is 9.68. The highest BCUT2D eigenvalue weighted by Gasteiger charge is 2.56. The highest BCUT2D eigenvalue weighted by molar-refractivity contribution is 7.09. The second-order valence-electron chi connectivity index (χ2n) is 10.2. The molecule has 3 heterocycles. The van der Waals surface area contributed by atoms with Gasteiger partial charge in [-0.3, -0.25) is 14.5 Å². The molecule has 2 aliphatic heterocycles. The van der Waals surface area contributed by atoms with E-state index in [1.807, 2.05) is 29.6 Å². The fourth-order valence-corrected chi connectivity index (χ4v) is 6.96. The van der Waals surface area contributed by atoms with E-state index in [1.54, 1.807) is 23.5 Å². The summed E-state index contributed by atoms with van der Waals surface area (Å²) < 4.78 is 6.37. The minimum atomic E-state index is -0.281. The van der Waals surface area contributed by atoms with Crippen LogP contribution in [0.4, 0.5) is 0 Å². The number of phenolic OH excluding ortho intramolecular Hbond substituents is 1. The Morgan fingerprint density at radius 2 is 1.94 bits per heavy atom. The number of imide groups is 1. The van der Waals surface area contributed by atoms with Crippen LogP contribution in [0.3, 0.4) is 0 Å². The summed E-state index contributed by atoms with van der Waals surface area (Å²) in [7, 11) is 0. The molecule has 1 aromatic heterocycles. The number of hydrogen-bond donors (Lipinski definition) is 1. The van der Waals surface area contributed by atoms with Gasteiger partial charge in [0, 0.05) is 10.8 Å². The molecule has 2 fully saturated rings. The number of phenols is 1. The van der Waals surface area contributed by atoms with Crippen LogP contribution in [0.5, 0.6) is 5.75 Å². The lowest BCUT2D eigenvalue weighted by Crippen LogP contribution is -2.34. The van der Waals surface area contributed by atoms with Crippen molar-refractivity contribution in [1.82, 2.24) is 4.90 Å². The Morgan fingerprint density at radius 3 is 2.64 bits per heavy atom. The van der Waals surface area contributed by atoms with Gasteiger partial charge in [-0.25, -0.2) is 0 Å². The van der Waals surface area contributed by atoms with E-state index >= 15 is 0 Å². The second kappa shape index (κ2) is 10.7. The van der Waals surface area contributed by atoms with Crippen LogP contribution in [0.2, 0.25) is 0 Å². The normalized spacial score (nSPS) is 26.1. The van der Waals surface area contributed by atoms with E-state index in [0.29, 0.717) is 19.6 Å². The van der Waals surface area contributed by atoms with Gasteiger partial charge < -0.3 is 9.84 Å². The third-order valence-corrected chi connectivity index (χ3v) is 8.85. The molecule has 6 heteroatoms. The molecule has 4 atom stereocenters. The Morgan fingerprint density at radius 1 is 1.14 bits per heavy atom. The maximum atomic E-state index is 13.5. The first-order chi connectivity index (χ1) is 17.5. The van der Waals surface area contributed by atoms with Crippen LogP contribution in [0.1, 0.15) is 62.8 Å². The van der Waals surface area contributed by atoms with Crippen LogP contribution >= 0.6 is 11.3 Å². The van der Waals surface area contributed by atoms with Crippen LogP contribution in [-0.2, 0) is 20.9 Å². The monoisotopic (exact) mass is 505 g/mol. The molecule has 0 bridgehead atoms. The Balaban J connectivity index is 1.34. The molecule has 1 aliphatic carbocycles. The van der Waals surface area contributed by atoms with Crippen molar-refractivity contribution in [3.63, 3.8) is 0 Å². The first-order valence-electron chi connectivity index (χ1n) is 13.2. The first kappa shape index (κ1) is 25.0. The van der Waals surface area contributed by atoms with E-state index < -0.39 is 0 Å². The van der Waals surface area contributed by atoms with E-state index in [4.69, 9.17) is 4.74 Å². The molecule has 0 unspecified atom stereocenters. The van der Waals surface area contributed by atoms with Gasteiger partial charge in [-0.15, -0.1) is 11.3 Å². The van der Waals surface area contributed by atoms with E-state index in [2.05, 4.69) is 19.9 Å². The van der Waals surface area contributed by atoms with Gasteiger partial charge in [-0.1, -0.05) is 55.7 Å². The molecule has 2 saturated heterocycles. The average Bonchev–Trinajstić information content (AvgIpc) is 3.60. The van der Waals surface area contributed by atoms with Crippen LogP contribution in [0, 0.1) is 17.8 Å². The summed E-state index contributed by atoms with van der Waals surface area (Å²) in [5.41, 5.74) is 5.10. The van der Waals surface area contributed by atoms with Crippen molar-refractivity contribution in [2.24, 2.45) is 17.8 Å². The summed E-state index contributed by atoms with van der Waals surface area (Å²) in [6.45, 7) is 5.27. The number of aromatic hydroxyl groups is 1. The topological polar surface area (TPSA) is 66.8 Å². The zero-order chi connectivity index (χ0) is 25.2. The van der Waals surface area contributed by atoms with Gasteiger partial charge in [-0.2, -0.15) is 0 Å². The number of rotatable bonds is 9. The van der Waals surface area contributed by atoms with E-state index in [1.165, 1.54) is 21.6 Å². The molecule has 2 amide bonds. The molecule has 3 aliphatic rings. The molecular weight excluding hydrogens is 470 g/mol. The Labute approximate surface area is 217 Å². The fourth-order valence-electron chi connectivity index (χ4n) is 6.26. The summed E-state index contributed by atoms with van der Waals surface area (Å²) in [6, 6.07) is 11.2. The highest BCUT2D eigenvalue weighted by atomic mass is 32.1. The van der Waals surface area contributed by atoms with Gasteiger partial charge in [-0.05, 0) is 66.8 Å². The minimum absolute atomic E-state index is 0.000367. The fraction of sp³-hybridized carbons (Fsp3) is 0.467. The number of fused-ring (bicyclic) bond motifs is 3. The minimum Gasteiger partial charge on any atom is -0.508 e. The van der Waals surface area contributed by atoms with E-state index in [-0.39, 0.29) is 41.4 Å². The molecule has 1 aromatic carbocycles. The predicted molar refractivity (Wildman–Crippen MR) is 142 cm³/mol. The van der Waals surface area contributed by atoms with Crippen molar-refractivity contribution in [1.29, 1.82) is 0 Å². The molecule has 5 rings (SSSR count). The molecule has 0 radical (unpaired) electrons. The number of likely N-dealkylation sites (tertiary alicyclic amines) is 1. The summed E-state index contributed by atoms with van der Waals surface area (Å²) in [4.78, 5) is 29.5. The third kappa shape index (κ3) is 4.81. The number of thiophene rings is 1. The highest BCUT2D eigenvalue weighted by Crippen LogP contribution is 2.51. The SMILES string of the molecule is CCCC1=C2[C@@H](CC/C(=C/c3ccc(O)cc3)CC)OC[C@@H]2[C@@H]2C(=O)N(Cc3cccs3)C(=O)[C@@H]2C1. The smallest absolute Gasteiger partial charge is 0.234 e. The third-order valence-electron chi connectivity index (χ3n) is 7.99. The van der Waals surface area contributed by atoms with E-state index in [9.17, 15) is 14.7 Å². The van der Waals surface area contributed by atoms with Gasteiger partial charge in [0.1, 0.15) is 5.75 Å². The van der Waals surface area contributed by atoms with Crippen molar-refractivity contribution in [3.05, 3.63) is 68.9 Å². The summed E-state index contributed by atoms with van der Waals surface area (Å²) in [6.07, 6.45) is 7.65. The molecule has 2 aromatic rings. The van der Waals surface area contributed by atoms with Gasteiger partial charge >= 0.3 is 0 Å². The van der Waals surface area contributed by atoms with Crippen molar-refractivity contribution in [2.45, 2.75) is 65.0 Å². The molecular formula is C30H35NO4S. The maximum Gasteiger partial charge on any atom is 0.234 e. The molecule has 0 spiro atoms. The lowest BCUT2D eigenvalue weighted by molar-refractivity contribution is -0.140. The van der Waals surface area contributed by atoms with Crippen molar-refractivity contribution in [2.75, 3.05) is 6.61 Å². The van der Waals surface area contributed by atoms with Crippen molar-refractivity contribution >= 4 is 29.2 Å². The summed E-state index contributed by atoms with van der Waals surface area (Å²) in [5.74, 6) is -0.240. The van der Waals surface area contributed by atoms with Gasteiger partial charge in [0.05, 0.1) is 31.1 Å². The lowest BCUT2D eigenvalue weighted by Gasteiger charge is -2.32. The number of carbonyl (C=O) groups is 2. The molecule has 5 nitrogen and oxygen atoms in total. The Kier molecular flexibility index (Phi) is 7.44. The van der Waals surface area contributed by atoms with Gasteiger partial charge in [0.25, 0.3) is 0 Å². The molecule has 0 saturated carbocycles. The molecule has 36 heavy (non-hydrogen) atoms. The standard InChI is InChI=1S/C30H35NO4S/c1-3-6-21-16-24-28(30(34)31(29(24)33)17-23-7-5-14-36-23)25-18-35-26(27(21)25)13-10-19(4-2)15-20-8-11-22(32)12-9-20/h5,7-9,11-12,14-15,24-26,28,32H,3-4,6,10,13,16-18H2,1-2H3/b19-15+/t24-,25+,26-,28-/m1/s1. The zero-order valence-electron chi connectivity index (χ0n) is 21.1. The first-order valence-corrected chi connectivity index (χ1v) is 14.1. The van der Waals surface area contributed by atoms with Gasteiger partial charge in [0.2, 0.25) is 11.8 Å². The predicted octanol–water partition coefficient (Wildman–Crippen LogP) is 6.34. The molecule has 190 valence electrons. The summed E-state index contributed by atoms with van der Waals surface area (Å²) >= 11 is 1.59. The zero-order valence-corrected chi connectivity index (χ0v) is 21.9.